The van der Waals surface area contributed by atoms with Crippen molar-refractivity contribution in [1.29, 1.82) is 0 Å². The molecule has 2 aromatic heterocycles. The van der Waals surface area contributed by atoms with E-state index in [9.17, 15) is 30.6 Å². The highest BCUT2D eigenvalue weighted by molar-refractivity contribution is 7.83. The second-order valence-electron chi connectivity index (χ2n) is 9.36. The molecule has 0 aliphatic heterocycles. The Balaban J connectivity index is 1.75. The van der Waals surface area contributed by atoms with Gasteiger partial charge in [-0.25, -0.2) is 22.1 Å². The van der Waals surface area contributed by atoms with Gasteiger partial charge in [-0.1, -0.05) is 0 Å². The number of nitrogens with one attached hydrogen (secondary N) is 1. The van der Waals surface area contributed by atoms with Crippen LogP contribution in [-0.2, 0) is 22.7 Å². The molecule has 1 aliphatic rings. The largest absolute Gasteiger partial charge is 0.433 e. The highest BCUT2D eigenvalue weighted by atomic mass is 32.2. The van der Waals surface area contributed by atoms with Gasteiger partial charge < -0.3 is 0 Å². The van der Waals surface area contributed by atoms with Crippen molar-refractivity contribution < 1.29 is 30.6 Å². The number of aromatic nitrogens is 3. The first-order valence-corrected chi connectivity index (χ1v) is 11.9. The van der Waals surface area contributed by atoms with Crippen LogP contribution in [0.25, 0.3) is 11.3 Å². The van der Waals surface area contributed by atoms with Gasteiger partial charge in [-0.3, -0.25) is 9.67 Å². The van der Waals surface area contributed by atoms with E-state index in [0.29, 0.717) is 11.6 Å². The van der Waals surface area contributed by atoms with Crippen LogP contribution in [0.5, 0.6) is 0 Å². The van der Waals surface area contributed by atoms with Gasteiger partial charge in [0.25, 0.3) is 0 Å². The van der Waals surface area contributed by atoms with E-state index in [2.05, 4.69) is 14.8 Å². The highest BCUT2D eigenvalue weighted by Gasteiger charge is 2.38. The zero-order valence-electron chi connectivity index (χ0n) is 19.0. The Kier molecular flexibility index (Phi) is 6.56. The quantitative estimate of drug-likeness (QED) is 0.328. The van der Waals surface area contributed by atoms with E-state index in [1.807, 2.05) is 0 Å². The van der Waals surface area contributed by atoms with Crippen molar-refractivity contribution >= 4 is 11.0 Å². The van der Waals surface area contributed by atoms with E-state index in [1.165, 1.54) is 10.9 Å². The summed E-state index contributed by atoms with van der Waals surface area (Å²) in [5, 5.41) is 4.36. The van der Waals surface area contributed by atoms with Crippen molar-refractivity contribution in [1.82, 2.24) is 19.5 Å². The van der Waals surface area contributed by atoms with Crippen molar-refractivity contribution in [3.8, 4) is 11.3 Å². The Morgan fingerprint density at radius 1 is 1.03 bits per heavy atom. The average Bonchev–Trinajstić information content (AvgIpc) is 3.51. The minimum absolute atomic E-state index is 0.0208. The first-order chi connectivity index (χ1) is 16.3. The van der Waals surface area contributed by atoms with Gasteiger partial charge in [-0.05, 0) is 57.7 Å². The fraction of sp³-hybridized carbons (Fsp3) is 0.391. The second-order valence-corrected chi connectivity index (χ2v) is 10.6. The van der Waals surface area contributed by atoms with Crippen LogP contribution in [0.4, 0.5) is 26.3 Å². The lowest BCUT2D eigenvalue weighted by atomic mass is 9.97. The SMILES string of the molecule is CC(C)(C)n1ncc(C(NS(=O)c2ccc(C(F)(F)F)nc2)C2CC2)c1-c1cc(F)c(F)cc1F. The Morgan fingerprint density at radius 2 is 1.69 bits per heavy atom. The molecule has 0 radical (unpaired) electrons. The molecular formula is C23H22F6N4OS. The second kappa shape index (κ2) is 9.05. The summed E-state index contributed by atoms with van der Waals surface area (Å²) in [5.41, 5.74) is -1.38. The van der Waals surface area contributed by atoms with Gasteiger partial charge >= 0.3 is 6.18 Å². The molecule has 0 amide bonds. The van der Waals surface area contributed by atoms with Crippen LogP contribution in [0.1, 0.15) is 50.9 Å². The van der Waals surface area contributed by atoms with Crippen molar-refractivity contribution in [2.45, 2.75) is 56.3 Å². The number of rotatable bonds is 6. The molecule has 2 heterocycles. The Bertz CT molecular complexity index is 1260. The normalized spacial score (nSPS) is 16.4. The van der Waals surface area contributed by atoms with Gasteiger partial charge in [0.2, 0.25) is 0 Å². The first kappa shape index (κ1) is 25.4. The van der Waals surface area contributed by atoms with Gasteiger partial charge in [-0.15, -0.1) is 0 Å². The summed E-state index contributed by atoms with van der Waals surface area (Å²) in [7, 11) is -1.96. The van der Waals surface area contributed by atoms with Crippen LogP contribution in [0.2, 0.25) is 0 Å². The molecule has 1 aliphatic carbocycles. The first-order valence-electron chi connectivity index (χ1n) is 10.7. The number of alkyl halides is 3. The molecule has 2 unspecified atom stereocenters. The monoisotopic (exact) mass is 516 g/mol. The van der Waals surface area contributed by atoms with E-state index < -0.39 is 51.9 Å². The third kappa shape index (κ3) is 5.27. The summed E-state index contributed by atoms with van der Waals surface area (Å²) in [6.45, 7) is 5.41. The molecule has 1 saturated carbocycles. The molecule has 0 saturated heterocycles. The number of nitrogens with zero attached hydrogens (tertiary/aromatic N) is 3. The van der Waals surface area contributed by atoms with Gasteiger partial charge in [0.15, 0.2) is 11.6 Å². The van der Waals surface area contributed by atoms with Crippen LogP contribution in [-0.4, -0.2) is 19.0 Å². The minimum atomic E-state index is -4.63. The summed E-state index contributed by atoms with van der Waals surface area (Å²) in [6.07, 6.45) is -0.792. The predicted molar refractivity (Wildman–Crippen MR) is 117 cm³/mol. The van der Waals surface area contributed by atoms with Gasteiger partial charge in [0.1, 0.15) is 22.5 Å². The maximum atomic E-state index is 14.9. The van der Waals surface area contributed by atoms with Crippen LogP contribution < -0.4 is 4.72 Å². The molecule has 0 spiro atoms. The van der Waals surface area contributed by atoms with Gasteiger partial charge in [-0.2, -0.15) is 18.3 Å². The topological polar surface area (TPSA) is 59.8 Å². The highest BCUT2D eigenvalue weighted by Crippen LogP contribution is 2.45. The number of hydrogen-bond acceptors (Lipinski definition) is 3. The van der Waals surface area contributed by atoms with Gasteiger partial charge in [0, 0.05) is 23.4 Å². The molecule has 4 rings (SSSR count). The fourth-order valence-electron chi connectivity index (χ4n) is 3.76. The summed E-state index contributed by atoms with van der Waals surface area (Å²) in [4.78, 5) is 3.36. The third-order valence-electron chi connectivity index (χ3n) is 5.60. The van der Waals surface area contributed by atoms with Gasteiger partial charge in [0.05, 0.1) is 28.4 Å². The molecule has 12 heteroatoms. The minimum Gasteiger partial charge on any atom is -0.259 e. The average molecular weight is 517 g/mol. The lowest BCUT2D eigenvalue weighted by Gasteiger charge is -2.25. The molecule has 1 aromatic carbocycles. The summed E-state index contributed by atoms with van der Waals surface area (Å²) in [5.74, 6) is -3.57. The third-order valence-corrected chi connectivity index (χ3v) is 6.74. The molecule has 2 atom stereocenters. The van der Waals surface area contributed by atoms with Crippen LogP contribution in [0.15, 0.2) is 41.6 Å². The van der Waals surface area contributed by atoms with E-state index in [-0.39, 0.29) is 22.1 Å². The smallest absolute Gasteiger partial charge is 0.259 e. The lowest BCUT2D eigenvalue weighted by Crippen LogP contribution is -2.28. The summed E-state index contributed by atoms with van der Waals surface area (Å²) < 4.78 is 98.4. The summed E-state index contributed by atoms with van der Waals surface area (Å²) >= 11 is 0. The molecule has 0 bridgehead atoms. The van der Waals surface area contributed by atoms with E-state index in [1.54, 1.807) is 20.8 Å². The van der Waals surface area contributed by atoms with E-state index in [0.717, 1.165) is 37.2 Å². The number of pyridine rings is 1. The Hall–Kier alpha value is -2.73. The van der Waals surface area contributed by atoms with Crippen molar-refractivity contribution in [3.63, 3.8) is 0 Å². The molecule has 1 N–H and O–H groups in total. The number of halogens is 6. The molecular weight excluding hydrogens is 494 g/mol. The lowest BCUT2D eigenvalue weighted by molar-refractivity contribution is -0.141. The molecule has 3 aromatic rings. The van der Waals surface area contributed by atoms with Crippen LogP contribution >= 0.6 is 0 Å². The van der Waals surface area contributed by atoms with Crippen LogP contribution in [0.3, 0.4) is 0 Å². The van der Waals surface area contributed by atoms with E-state index >= 15 is 0 Å². The molecule has 5 nitrogen and oxygen atoms in total. The molecule has 188 valence electrons. The number of benzene rings is 1. The van der Waals surface area contributed by atoms with E-state index in [4.69, 9.17) is 0 Å². The van der Waals surface area contributed by atoms with Crippen LogP contribution in [0, 0.1) is 23.4 Å². The molecule has 35 heavy (non-hydrogen) atoms. The maximum Gasteiger partial charge on any atom is 0.433 e. The van der Waals surface area contributed by atoms with Crippen molar-refractivity contribution in [2.75, 3.05) is 0 Å². The fourth-order valence-corrected chi connectivity index (χ4v) is 4.78. The Labute approximate surface area is 200 Å². The summed E-state index contributed by atoms with van der Waals surface area (Å²) in [6, 6.07) is 2.38. The predicted octanol–water partition coefficient (Wildman–Crippen LogP) is 5.90. The Morgan fingerprint density at radius 3 is 2.23 bits per heavy atom. The zero-order valence-corrected chi connectivity index (χ0v) is 19.8. The zero-order chi connectivity index (χ0) is 25.7. The van der Waals surface area contributed by atoms with Crippen molar-refractivity contribution in [3.05, 3.63) is 65.4 Å². The molecule has 1 fully saturated rings. The standard InChI is InChI=1S/C23H22F6N4OS/c1-22(2,3)33-21(14-8-17(25)18(26)9-16(14)24)15(11-31-33)20(12-4-5-12)32-35(34)13-6-7-19(30-10-13)23(27,28)29/h6-12,20,32H,4-5H2,1-3H3. The van der Waals surface area contributed by atoms with Crippen molar-refractivity contribution in [2.24, 2.45) is 5.92 Å². The maximum absolute atomic E-state index is 14.9. The number of hydrogen-bond donors (Lipinski definition) is 1.